The van der Waals surface area contributed by atoms with Crippen LogP contribution >= 0.6 is 0 Å². The third-order valence-corrected chi connectivity index (χ3v) is 23.0. The predicted octanol–water partition coefficient (Wildman–Crippen LogP) is 23.0. The Kier molecular flexibility index (Phi) is 16.4. The number of rotatable bonds is 11. The lowest BCUT2D eigenvalue weighted by atomic mass is 9.55. The normalized spacial score (nSPS) is 29.3. The van der Waals surface area contributed by atoms with Crippen LogP contribution in [0, 0.1) is 44.8 Å². The van der Waals surface area contributed by atoms with Gasteiger partial charge in [0, 0.05) is 34.6 Å². The second-order valence-electron chi connectivity index (χ2n) is 32.0. The van der Waals surface area contributed by atoms with E-state index in [1.165, 1.54) is 78.3 Å². The van der Waals surface area contributed by atoms with E-state index < -0.39 is 0 Å². The molecule has 456 valence electrons. The summed E-state index contributed by atoms with van der Waals surface area (Å²) in [6.45, 7) is 57.1. The quantitative estimate of drug-likeness (QED) is 0.207. The summed E-state index contributed by atoms with van der Waals surface area (Å²) >= 11 is 0. The van der Waals surface area contributed by atoms with Gasteiger partial charge >= 0.3 is 0 Å². The van der Waals surface area contributed by atoms with Gasteiger partial charge < -0.3 is 9.80 Å². The van der Waals surface area contributed by atoms with Gasteiger partial charge in [0.25, 0.3) is 0 Å². The lowest BCUT2D eigenvalue weighted by Gasteiger charge is -2.52. The molecule has 11 rings (SSSR count). The number of nitrogens with zero attached hydrogens (tertiary/aromatic N) is 2. The molecule has 0 bridgehead atoms. The Balaban J connectivity index is 1.03. The van der Waals surface area contributed by atoms with Gasteiger partial charge in [-0.2, -0.15) is 0 Å². The second kappa shape index (κ2) is 22.9. The van der Waals surface area contributed by atoms with Crippen molar-refractivity contribution in [2.24, 2.45) is 44.8 Å². The Hall–Kier alpha value is -6.38. The number of fused-ring (bicyclic) bond motifs is 5. The van der Waals surface area contributed by atoms with Gasteiger partial charge in [0.2, 0.25) is 0 Å². The highest BCUT2D eigenvalue weighted by Gasteiger charge is 2.50. The third-order valence-electron chi connectivity index (χ3n) is 23.0. The van der Waals surface area contributed by atoms with Crippen molar-refractivity contribution >= 4 is 16.9 Å². The van der Waals surface area contributed by atoms with Gasteiger partial charge in [0.15, 0.2) is 0 Å². The van der Waals surface area contributed by atoms with E-state index in [0.29, 0.717) is 29.7 Å². The van der Waals surface area contributed by atoms with Crippen molar-refractivity contribution in [2.45, 2.75) is 204 Å². The SMILES string of the molecule is C=C/C=C\C1=C(C)C2=CCC(N(c3ccc4c(c3)C(C(C)(C)C)=C3CCC(N(/C(C)=C/C=C5\C(=C)C(C)(C)C6=C5C=CCC6)C5C=C6C(=CC5)C(=C)/C=C\C=C/CC6(C)C)CC3C4C(C)(C)C)c3ccc4c(c3)C(C)(C)C(/C=C\C=C)C4)CC2C1(C)C. The van der Waals surface area contributed by atoms with E-state index in [-0.39, 0.29) is 44.6 Å². The van der Waals surface area contributed by atoms with E-state index in [2.05, 4.69) is 268 Å². The molecule has 9 aliphatic rings. The van der Waals surface area contributed by atoms with Gasteiger partial charge in [-0.05, 0) is 237 Å². The van der Waals surface area contributed by atoms with Crippen molar-refractivity contribution in [1.82, 2.24) is 4.90 Å². The number of hydrogen-bond acceptors (Lipinski definition) is 2. The van der Waals surface area contributed by atoms with E-state index in [1.807, 2.05) is 12.2 Å². The number of benzene rings is 2. The monoisotopic (exact) mass is 1150 g/mol. The molecule has 0 saturated heterocycles. The Labute approximate surface area is 528 Å². The molecule has 87 heavy (non-hydrogen) atoms. The van der Waals surface area contributed by atoms with Crippen molar-refractivity contribution in [3.8, 4) is 0 Å². The highest BCUT2D eigenvalue weighted by molar-refractivity contribution is 5.82. The van der Waals surface area contributed by atoms with Gasteiger partial charge in [0.05, 0.1) is 6.04 Å². The summed E-state index contributed by atoms with van der Waals surface area (Å²) < 4.78 is 0. The zero-order chi connectivity index (χ0) is 62.5. The minimum absolute atomic E-state index is 0.00179. The number of allylic oxidation sites excluding steroid dienone is 27. The van der Waals surface area contributed by atoms with Gasteiger partial charge in [0.1, 0.15) is 0 Å². The Morgan fingerprint density at radius 3 is 2.24 bits per heavy atom. The largest absolute Gasteiger partial charge is 0.365 e. The topological polar surface area (TPSA) is 6.48 Å². The zero-order valence-corrected chi connectivity index (χ0v) is 56.6. The van der Waals surface area contributed by atoms with Crippen molar-refractivity contribution in [3.05, 3.63) is 255 Å². The molecule has 9 aliphatic carbocycles. The van der Waals surface area contributed by atoms with Crippen molar-refractivity contribution < 1.29 is 0 Å². The molecule has 0 radical (unpaired) electrons. The van der Waals surface area contributed by atoms with Crippen molar-refractivity contribution in [3.63, 3.8) is 0 Å². The lowest BCUT2D eigenvalue weighted by molar-refractivity contribution is 0.129. The van der Waals surface area contributed by atoms with Gasteiger partial charge in [-0.15, -0.1) is 0 Å². The third kappa shape index (κ3) is 10.9. The molecule has 0 heterocycles. The summed E-state index contributed by atoms with van der Waals surface area (Å²) in [6.07, 6.45) is 50.0. The highest BCUT2D eigenvalue weighted by Crippen LogP contribution is 2.62. The molecule has 0 N–H and O–H groups in total. The minimum atomic E-state index is -0.0784. The van der Waals surface area contributed by atoms with E-state index in [9.17, 15) is 0 Å². The molecule has 0 amide bonds. The van der Waals surface area contributed by atoms with Crippen LogP contribution in [0.15, 0.2) is 233 Å². The molecular weight excluding hydrogens is 1050 g/mol. The summed E-state index contributed by atoms with van der Waals surface area (Å²) in [5, 5.41) is 0. The van der Waals surface area contributed by atoms with Crippen LogP contribution in [0.25, 0.3) is 5.57 Å². The molecule has 0 aromatic heterocycles. The smallest absolute Gasteiger partial charge is 0.0513 e. The predicted molar refractivity (Wildman–Crippen MR) is 377 cm³/mol. The Bertz CT molecular complexity index is 3620. The maximum absolute atomic E-state index is 4.80. The van der Waals surface area contributed by atoms with Crippen LogP contribution in [0.1, 0.15) is 197 Å². The van der Waals surface area contributed by atoms with Gasteiger partial charge in [-0.25, -0.2) is 0 Å². The summed E-state index contributed by atoms with van der Waals surface area (Å²) in [7, 11) is 0. The first kappa shape index (κ1) is 62.2. The first-order valence-corrected chi connectivity index (χ1v) is 33.5. The van der Waals surface area contributed by atoms with Crippen LogP contribution in [-0.2, 0) is 11.8 Å². The van der Waals surface area contributed by atoms with Crippen LogP contribution in [0.5, 0.6) is 0 Å². The van der Waals surface area contributed by atoms with Crippen LogP contribution in [0.2, 0.25) is 0 Å². The van der Waals surface area contributed by atoms with Crippen molar-refractivity contribution in [2.75, 3.05) is 4.90 Å². The average Bonchev–Trinajstić information content (AvgIpc) is 1.52. The summed E-state index contributed by atoms with van der Waals surface area (Å²) in [5.41, 5.74) is 26.9. The standard InChI is InChI=1S/C85H106N2/c1-21-23-31-59-48-58-36-37-63(51-75(58)84(59,17)18)87(64-39-44-66-56(5)73(33-24-22-2)85(19,20)77(66)53-64)61-41-46-70-72(50-61)79(81(10,11)12)69-45-40-60(49-71(69)78(70)80(7,8)9)86(55(4)35-42-67-57(6)83(15,16)74-34-28-27-32-68(67)74)62-38-43-65-54(3)30-26-25-29-47-82(13,14)76(65)52-62/h21-27,29-33,35-37,41-44,46,50-52,59-60,62,64,71,77-78H,1-3,6,28,34,38-40,45,47-49,53H2,4-5,7-20H3/b29-25-,30-26-,31-23-,33-24-,55-35+,67-42+. The van der Waals surface area contributed by atoms with E-state index in [4.69, 9.17) is 6.58 Å². The molecule has 1 saturated carbocycles. The number of hydrogen-bond donors (Lipinski definition) is 0. The van der Waals surface area contributed by atoms with E-state index in [1.54, 1.807) is 22.3 Å². The van der Waals surface area contributed by atoms with Crippen molar-refractivity contribution in [1.29, 1.82) is 0 Å². The highest BCUT2D eigenvalue weighted by atomic mass is 15.2. The first-order valence-electron chi connectivity index (χ1n) is 33.5. The molecule has 0 aliphatic heterocycles. The number of anilines is 2. The Morgan fingerprint density at radius 2 is 1.52 bits per heavy atom. The second-order valence-corrected chi connectivity index (χ2v) is 32.0. The summed E-state index contributed by atoms with van der Waals surface area (Å²) in [6, 6.07) is 16.3. The average molecular weight is 1160 g/mol. The van der Waals surface area contributed by atoms with Gasteiger partial charge in [-0.1, -0.05) is 244 Å². The maximum atomic E-state index is 4.80. The fourth-order valence-electron chi connectivity index (χ4n) is 18.5. The van der Waals surface area contributed by atoms with Crippen LogP contribution < -0.4 is 4.90 Å². The molecule has 7 atom stereocenters. The molecular formula is C85H106N2. The molecule has 2 aromatic carbocycles. The van der Waals surface area contributed by atoms with E-state index in [0.717, 1.165) is 69.8 Å². The Morgan fingerprint density at radius 1 is 0.782 bits per heavy atom. The molecule has 2 aromatic rings. The molecule has 1 fully saturated rings. The zero-order valence-electron chi connectivity index (χ0n) is 56.6. The fraction of sp³-hybridized carbons (Fsp3) is 0.459. The maximum Gasteiger partial charge on any atom is 0.0513 e. The first-order chi connectivity index (χ1) is 41.0. The summed E-state index contributed by atoms with van der Waals surface area (Å²) in [5.74, 6) is 1.57. The van der Waals surface area contributed by atoms with Crippen LogP contribution in [0.3, 0.4) is 0 Å². The minimum Gasteiger partial charge on any atom is -0.365 e. The molecule has 2 heteroatoms. The van der Waals surface area contributed by atoms with Crippen LogP contribution in [-0.4, -0.2) is 23.0 Å². The van der Waals surface area contributed by atoms with Crippen LogP contribution in [0.4, 0.5) is 11.4 Å². The molecule has 2 nitrogen and oxygen atoms in total. The fourth-order valence-corrected chi connectivity index (χ4v) is 18.5. The van der Waals surface area contributed by atoms with E-state index >= 15 is 0 Å². The molecule has 0 spiro atoms. The lowest BCUT2D eigenvalue weighted by Crippen LogP contribution is -2.47. The van der Waals surface area contributed by atoms with Gasteiger partial charge in [-0.3, -0.25) is 0 Å². The molecule has 7 unspecified atom stereocenters. The summed E-state index contributed by atoms with van der Waals surface area (Å²) in [4.78, 5) is 5.72.